The first kappa shape index (κ1) is 15.0. The molecule has 108 valence electrons. The Morgan fingerprint density at radius 1 is 1.14 bits per heavy atom. The van der Waals surface area contributed by atoms with Crippen LogP contribution in [0.1, 0.15) is 26.3 Å². The molecule has 0 atom stereocenters. The molecule has 0 aliphatic carbocycles. The predicted octanol–water partition coefficient (Wildman–Crippen LogP) is 3.74. The van der Waals surface area contributed by atoms with Crippen LogP contribution in [0.3, 0.4) is 0 Å². The largest absolute Gasteiger partial charge is 0.478 e. The van der Waals surface area contributed by atoms with E-state index >= 15 is 0 Å². The molecule has 0 aromatic heterocycles. The quantitative estimate of drug-likeness (QED) is 0.907. The first-order valence-corrected chi connectivity index (χ1v) is 6.36. The van der Waals surface area contributed by atoms with Gasteiger partial charge in [-0.05, 0) is 42.8 Å². The van der Waals surface area contributed by atoms with Crippen molar-refractivity contribution in [1.82, 2.24) is 0 Å². The normalized spacial score (nSPS) is 10.2. The zero-order chi connectivity index (χ0) is 15.6. The number of nitrogens with one attached hydrogen (secondary N) is 1. The van der Waals surface area contributed by atoms with Crippen molar-refractivity contribution >= 4 is 29.2 Å². The molecular weight excluding hydrogens is 297 g/mol. The van der Waals surface area contributed by atoms with Crippen molar-refractivity contribution < 1.29 is 19.1 Å². The van der Waals surface area contributed by atoms with E-state index in [0.29, 0.717) is 5.56 Å². The van der Waals surface area contributed by atoms with Crippen molar-refractivity contribution in [2.45, 2.75) is 6.92 Å². The molecule has 21 heavy (non-hydrogen) atoms. The highest BCUT2D eigenvalue weighted by molar-refractivity contribution is 6.31. The van der Waals surface area contributed by atoms with Gasteiger partial charge in [-0.2, -0.15) is 0 Å². The summed E-state index contributed by atoms with van der Waals surface area (Å²) >= 11 is 5.73. The van der Waals surface area contributed by atoms with Crippen molar-refractivity contribution in [2.24, 2.45) is 0 Å². The molecule has 0 radical (unpaired) electrons. The van der Waals surface area contributed by atoms with Crippen LogP contribution in [0.25, 0.3) is 0 Å². The molecule has 0 spiro atoms. The fraction of sp³-hybridized carbons (Fsp3) is 0.0667. The number of rotatable bonds is 3. The molecule has 0 saturated carbocycles. The van der Waals surface area contributed by atoms with Crippen LogP contribution in [0, 0.1) is 12.7 Å². The van der Waals surface area contributed by atoms with Crippen molar-refractivity contribution in [3.63, 3.8) is 0 Å². The lowest BCUT2D eigenvalue weighted by atomic mass is 10.1. The van der Waals surface area contributed by atoms with Crippen LogP contribution in [-0.4, -0.2) is 17.0 Å². The fourth-order valence-electron chi connectivity index (χ4n) is 1.83. The number of carboxylic acids is 1. The van der Waals surface area contributed by atoms with Gasteiger partial charge in [0.15, 0.2) is 0 Å². The molecule has 2 aromatic rings. The Bertz CT molecular complexity index is 731. The summed E-state index contributed by atoms with van der Waals surface area (Å²) in [4.78, 5) is 23.3. The van der Waals surface area contributed by atoms with Gasteiger partial charge in [-0.1, -0.05) is 17.7 Å². The Balaban J connectivity index is 2.36. The van der Waals surface area contributed by atoms with E-state index in [1.54, 1.807) is 6.92 Å². The number of carboxylic acid groups (broad SMARTS) is 1. The third-order valence-corrected chi connectivity index (χ3v) is 3.14. The Hall–Kier alpha value is -2.40. The van der Waals surface area contributed by atoms with Crippen molar-refractivity contribution in [2.75, 3.05) is 5.32 Å². The number of hydrogen-bond donors (Lipinski definition) is 2. The van der Waals surface area contributed by atoms with E-state index in [1.165, 1.54) is 30.3 Å². The topological polar surface area (TPSA) is 66.4 Å². The monoisotopic (exact) mass is 307 g/mol. The van der Waals surface area contributed by atoms with Crippen LogP contribution >= 0.6 is 11.6 Å². The lowest BCUT2D eigenvalue weighted by Crippen LogP contribution is -2.16. The van der Waals surface area contributed by atoms with Crippen molar-refractivity contribution in [3.05, 3.63) is 63.9 Å². The molecular formula is C15H11ClFNO3. The molecule has 0 aliphatic heterocycles. The van der Waals surface area contributed by atoms with Gasteiger partial charge in [0.05, 0.1) is 11.3 Å². The van der Waals surface area contributed by atoms with E-state index in [9.17, 15) is 14.0 Å². The van der Waals surface area contributed by atoms with Gasteiger partial charge in [-0.15, -0.1) is 0 Å². The second kappa shape index (κ2) is 5.93. The van der Waals surface area contributed by atoms with Crippen molar-refractivity contribution in [1.29, 1.82) is 0 Å². The van der Waals surface area contributed by atoms with E-state index < -0.39 is 17.7 Å². The summed E-state index contributed by atoms with van der Waals surface area (Å²) in [7, 11) is 0. The molecule has 0 heterocycles. The lowest BCUT2D eigenvalue weighted by molar-refractivity contribution is 0.0698. The zero-order valence-electron chi connectivity index (χ0n) is 11.0. The Kier molecular flexibility index (Phi) is 4.23. The highest BCUT2D eigenvalue weighted by Crippen LogP contribution is 2.22. The minimum Gasteiger partial charge on any atom is -0.478 e. The highest BCUT2D eigenvalue weighted by Gasteiger charge is 2.16. The Morgan fingerprint density at radius 2 is 1.86 bits per heavy atom. The van der Waals surface area contributed by atoms with Crippen LogP contribution in [0.2, 0.25) is 5.02 Å². The van der Waals surface area contributed by atoms with Gasteiger partial charge in [-0.25, -0.2) is 9.18 Å². The molecule has 0 bridgehead atoms. The molecule has 0 unspecified atom stereocenters. The summed E-state index contributed by atoms with van der Waals surface area (Å²) in [6, 6.07) is 7.90. The standard InChI is InChI=1S/C15H11ClFNO3/c1-8-2-4-10(17)7-11(8)14(19)18-13-5-3-9(16)6-12(13)15(20)21/h2-7H,1H3,(H,18,19)(H,20,21). The van der Waals surface area contributed by atoms with Gasteiger partial charge in [0.25, 0.3) is 5.91 Å². The van der Waals surface area contributed by atoms with E-state index in [2.05, 4.69) is 5.32 Å². The SMILES string of the molecule is Cc1ccc(F)cc1C(=O)Nc1ccc(Cl)cc1C(=O)O. The number of carbonyl (C=O) groups is 2. The van der Waals surface area contributed by atoms with Gasteiger partial charge in [0, 0.05) is 10.6 Å². The van der Waals surface area contributed by atoms with Crippen molar-refractivity contribution in [3.8, 4) is 0 Å². The third kappa shape index (κ3) is 3.38. The lowest BCUT2D eigenvalue weighted by Gasteiger charge is -2.10. The second-order valence-electron chi connectivity index (χ2n) is 4.41. The van der Waals surface area contributed by atoms with Gasteiger partial charge in [0.2, 0.25) is 0 Å². The number of benzene rings is 2. The average Bonchev–Trinajstić information content (AvgIpc) is 2.43. The predicted molar refractivity (Wildman–Crippen MR) is 77.5 cm³/mol. The highest BCUT2D eigenvalue weighted by atomic mass is 35.5. The van der Waals surface area contributed by atoms with E-state index in [4.69, 9.17) is 16.7 Å². The molecule has 4 nitrogen and oxygen atoms in total. The Labute approximate surface area is 125 Å². The van der Waals surface area contributed by atoms with E-state index in [1.807, 2.05) is 0 Å². The number of hydrogen-bond acceptors (Lipinski definition) is 2. The molecule has 0 aliphatic rings. The molecule has 6 heteroatoms. The number of halogens is 2. The average molecular weight is 308 g/mol. The maximum absolute atomic E-state index is 13.2. The molecule has 2 aromatic carbocycles. The summed E-state index contributed by atoms with van der Waals surface area (Å²) in [6.45, 7) is 1.66. The summed E-state index contributed by atoms with van der Waals surface area (Å²) < 4.78 is 13.2. The number of anilines is 1. The maximum Gasteiger partial charge on any atom is 0.337 e. The first-order chi connectivity index (χ1) is 9.88. The van der Waals surface area contributed by atoms with Gasteiger partial charge in [-0.3, -0.25) is 4.79 Å². The minimum atomic E-state index is -1.22. The van der Waals surface area contributed by atoms with Crippen LogP contribution in [0.5, 0.6) is 0 Å². The summed E-state index contributed by atoms with van der Waals surface area (Å²) in [5.41, 5.74) is 0.687. The zero-order valence-corrected chi connectivity index (χ0v) is 11.7. The van der Waals surface area contributed by atoms with Crippen LogP contribution in [-0.2, 0) is 0 Å². The van der Waals surface area contributed by atoms with E-state index in [-0.39, 0.29) is 21.8 Å². The van der Waals surface area contributed by atoms with Gasteiger partial charge >= 0.3 is 5.97 Å². The molecule has 2 rings (SSSR count). The first-order valence-electron chi connectivity index (χ1n) is 5.99. The smallest absolute Gasteiger partial charge is 0.337 e. The molecule has 0 saturated heterocycles. The van der Waals surface area contributed by atoms with Gasteiger partial charge in [0.1, 0.15) is 5.82 Å². The second-order valence-corrected chi connectivity index (χ2v) is 4.84. The summed E-state index contributed by atoms with van der Waals surface area (Å²) in [6.07, 6.45) is 0. The van der Waals surface area contributed by atoms with Crippen LogP contribution < -0.4 is 5.32 Å². The van der Waals surface area contributed by atoms with E-state index in [0.717, 1.165) is 6.07 Å². The Morgan fingerprint density at radius 3 is 2.52 bits per heavy atom. The summed E-state index contributed by atoms with van der Waals surface area (Å²) in [5.74, 6) is -2.35. The van der Waals surface area contributed by atoms with Crippen LogP contribution in [0.4, 0.5) is 10.1 Å². The molecule has 2 N–H and O–H groups in total. The minimum absolute atomic E-state index is 0.0977. The maximum atomic E-state index is 13.2. The van der Waals surface area contributed by atoms with Gasteiger partial charge < -0.3 is 10.4 Å². The summed E-state index contributed by atoms with van der Waals surface area (Å²) in [5, 5.41) is 11.8. The van der Waals surface area contributed by atoms with Crippen LogP contribution in [0.15, 0.2) is 36.4 Å². The molecule has 0 fully saturated rings. The third-order valence-electron chi connectivity index (χ3n) is 2.90. The number of aryl methyl sites for hydroxylation is 1. The number of amides is 1. The molecule has 1 amide bonds. The fourth-order valence-corrected chi connectivity index (χ4v) is 2.00. The number of aromatic carboxylic acids is 1. The number of carbonyl (C=O) groups excluding carboxylic acids is 1.